The number of aryl methyl sites for hydroxylation is 2. The number of fused-ring (bicyclic) bond motifs is 1. The van der Waals surface area contributed by atoms with Crippen LogP contribution < -0.4 is 10.9 Å². The molecule has 6 nitrogen and oxygen atoms in total. The maximum Gasteiger partial charge on any atom is 0.416 e. The Hall–Kier alpha value is -3.88. The van der Waals surface area contributed by atoms with E-state index in [2.05, 4.69) is 15.3 Å². The molecule has 0 aliphatic rings. The largest absolute Gasteiger partial charge is 0.416 e. The Bertz CT molecular complexity index is 1500. The van der Waals surface area contributed by atoms with Crippen LogP contribution in [0.1, 0.15) is 71.7 Å². The minimum atomic E-state index is -4.44. The van der Waals surface area contributed by atoms with Gasteiger partial charge < -0.3 is 10.3 Å². The van der Waals surface area contributed by atoms with Crippen molar-refractivity contribution in [2.75, 3.05) is 0 Å². The molecule has 3 heterocycles. The van der Waals surface area contributed by atoms with Crippen molar-refractivity contribution in [1.29, 1.82) is 0 Å². The SMILES string of the molecule is CCCc1cc(C)[nH]c(=O)c1CNC(=O)c1cc(-c2ccc(C(F)(F)F)cc2)cc2c(C(C)C)ncn12. The van der Waals surface area contributed by atoms with Crippen LogP contribution in [0.4, 0.5) is 13.2 Å². The number of aromatic amines is 1. The number of aromatic nitrogens is 3. The summed E-state index contributed by atoms with van der Waals surface area (Å²) in [6.07, 6.45) is -1.30. The van der Waals surface area contributed by atoms with Gasteiger partial charge in [0.15, 0.2) is 0 Å². The first-order valence-electron chi connectivity index (χ1n) is 12.2. The third kappa shape index (κ3) is 5.45. The fourth-order valence-corrected chi connectivity index (χ4v) is 4.48. The van der Waals surface area contributed by atoms with E-state index >= 15 is 0 Å². The monoisotopic (exact) mass is 510 g/mol. The molecule has 0 aliphatic carbocycles. The van der Waals surface area contributed by atoms with Crippen molar-refractivity contribution in [3.8, 4) is 11.1 Å². The molecule has 0 spiro atoms. The van der Waals surface area contributed by atoms with Crippen LogP contribution in [0.3, 0.4) is 0 Å². The smallest absolute Gasteiger partial charge is 0.346 e. The molecule has 0 bridgehead atoms. The van der Waals surface area contributed by atoms with Crippen LogP contribution in [0, 0.1) is 6.92 Å². The van der Waals surface area contributed by atoms with Gasteiger partial charge in [-0.25, -0.2) is 4.98 Å². The molecular weight excluding hydrogens is 481 g/mol. The number of hydrogen-bond acceptors (Lipinski definition) is 3. The molecule has 2 N–H and O–H groups in total. The van der Waals surface area contributed by atoms with Crippen LogP contribution in [0.5, 0.6) is 0 Å². The quantitative estimate of drug-likeness (QED) is 0.319. The van der Waals surface area contributed by atoms with Gasteiger partial charge in [-0.05, 0) is 66.3 Å². The van der Waals surface area contributed by atoms with Gasteiger partial charge in [0.25, 0.3) is 11.5 Å². The summed E-state index contributed by atoms with van der Waals surface area (Å²) in [4.78, 5) is 33.3. The van der Waals surface area contributed by atoms with Gasteiger partial charge >= 0.3 is 6.18 Å². The first-order valence-corrected chi connectivity index (χ1v) is 12.2. The number of carbonyl (C=O) groups excluding carboxylic acids is 1. The predicted molar refractivity (Wildman–Crippen MR) is 137 cm³/mol. The standard InChI is InChI=1S/C28H29F3N4O2/c1-5-6-19-11-17(4)34-26(36)22(19)14-32-27(37)24-13-20(12-23-25(16(2)3)33-15-35(23)24)18-7-9-21(10-8-18)28(29,30)31/h7-13,15-16H,5-6,14H2,1-4H3,(H,32,37)(H,34,36). The molecule has 1 aromatic carbocycles. The Morgan fingerprint density at radius 3 is 2.43 bits per heavy atom. The van der Waals surface area contributed by atoms with E-state index in [1.807, 2.05) is 39.8 Å². The molecule has 0 saturated carbocycles. The second-order valence-corrected chi connectivity index (χ2v) is 9.46. The van der Waals surface area contributed by atoms with Crippen LogP contribution in [-0.2, 0) is 19.1 Å². The zero-order valence-corrected chi connectivity index (χ0v) is 21.2. The van der Waals surface area contributed by atoms with E-state index in [1.54, 1.807) is 16.8 Å². The van der Waals surface area contributed by atoms with Gasteiger partial charge in [-0.15, -0.1) is 0 Å². The highest BCUT2D eigenvalue weighted by atomic mass is 19.4. The average Bonchev–Trinajstić information content (AvgIpc) is 3.27. The molecule has 1 amide bonds. The number of nitrogens with zero attached hydrogens (tertiary/aromatic N) is 2. The molecule has 0 unspecified atom stereocenters. The van der Waals surface area contributed by atoms with Gasteiger partial charge in [-0.2, -0.15) is 13.2 Å². The van der Waals surface area contributed by atoms with E-state index in [9.17, 15) is 22.8 Å². The fraction of sp³-hybridized carbons (Fsp3) is 0.321. The number of hydrogen-bond donors (Lipinski definition) is 2. The molecule has 4 rings (SSSR count). The fourth-order valence-electron chi connectivity index (χ4n) is 4.48. The molecule has 0 atom stereocenters. The average molecular weight is 511 g/mol. The number of amides is 1. The first kappa shape index (κ1) is 26.2. The summed E-state index contributed by atoms with van der Waals surface area (Å²) in [6.45, 7) is 7.84. The molecule has 0 aliphatic heterocycles. The van der Waals surface area contributed by atoms with Crippen LogP contribution in [0.25, 0.3) is 16.6 Å². The second kappa shape index (κ2) is 10.2. The lowest BCUT2D eigenvalue weighted by molar-refractivity contribution is -0.137. The van der Waals surface area contributed by atoms with E-state index in [0.29, 0.717) is 28.6 Å². The highest BCUT2D eigenvalue weighted by Gasteiger charge is 2.30. The maximum atomic E-state index is 13.4. The topological polar surface area (TPSA) is 79.3 Å². The minimum Gasteiger partial charge on any atom is -0.346 e. The summed E-state index contributed by atoms with van der Waals surface area (Å²) >= 11 is 0. The lowest BCUT2D eigenvalue weighted by atomic mass is 10.0. The maximum absolute atomic E-state index is 13.4. The highest BCUT2D eigenvalue weighted by molar-refractivity contribution is 5.95. The van der Waals surface area contributed by atoms with Gasteiger partial charge in [0, 0.05) is 17.8 Å². The molecule has 194 valence electrons. The lowest BCUT2D eigenvalue weighted by Gasteiger charge is -2.14. The van der Waals surface area contributed by atoms with Crippen LogP contribution in [-0.4, -0.2) is 20.3 Å². The van der Waals surface area contributed by atoms with Gasteiger partial charge in [0.05, 0.1) is 16.8 Å². The normalized spacial score (nSPS) is 11.9. The Balaban J connectivity index is 1.74. The summed E-state index contributed by atoms with van der Waals surface area (Å²) in [6, 6.07) is 10.2. The van der Waals surface area contributed by atoms with Gasteiger partial charge in [0.1, 0.15) is 12.0 Å². The number of pyridine rings is 2. The zero-order chi connectivity index (χ0) is 26.9. The second-order valence-electron chi connectivity index (χ2n) is 9.46. The summed E-state index contributed by atoms with van der Waals surface area (Å²) in [5, 5.41) is 2.86. The van der Waals surface area contributed by atoms with Gasteiger partial charge in [-0.1, -0.05) is 39.3 Å². The summed E-state index contributed by atoms with van der Waals surface area (Å²) in [5.74, 6) is -0.361. The lowest BCUT2D eigenvalue weighted by Crippen LogP contribution is -2.29. The van der Waals surface area contributed by atoms with E-state index in [-0.39, 0.29) is 23.7 Å². The number of rotatable bonds is 7. The van der Waals surface area contributed by atoms with Crippen molar-refractivity contribution < 1.29 is 18.0 Å². The molecular formula is C28H29F3N4O2. The Morgan fingerprint density at radius 1 is 1.11 bits per heavy atom. The summed E-state index contributed by atoms with van der Waals surface area (Å²) in [7, 11) is 0. The molecule has 9 heteroatoms. The van der Waals surface area contributed by atoms with Crippen molar-refractivity contribution >= 4 is 11.4 Å². The Labute approximate surface area is 212 Å². The summed E-state index contributed by atoms with van der Waals surface area (Å²) in [5.41, 5.74) is 4.03. The molecule has 37 heavy (non-hydrogen) atoms. The van der Waals surface area contributed by atoms with Crippen LogP contribution >= 0.6 is 0 Å². The summed E-state index contributed by atoms with van der Waals surface area (Å²) < 4.78 is 40.9. The van der Waals surface area contributed by atoms with E-state index in [0.717, 1.165) is 35.5 Å². The zero-order valence-electron chi connectivity index (χ0n) is 21.2. The molecule has 0 saturated heterocycles. The number of H-pyrrole nitrogens is 1. The van der Waals surface area contributed by atoms with Crippen molar-refractivity contribution in [1.82, 2.24) is 19.7 Å². The highest BCUT2D eigenvalue weighted by Crippen LogP contribution is 2.32. The predicted octanol–water partition coefficient (Wildman–Crippen LogP) is 6.02. The Kier molecular flexibility index (Phi) is 7.25. The van der Waals surface area contributed by atoms with Gasteiger partial charge in [-0.3, -0.25) is 14.0 Å². The van der Waals surface area contributed by atoms with E-state index in [1.165, 1.54) is 12.1 Å². The molecule has 4 aromatic rings. The first-order chi connectivity index (χ1) is 17.5. The van der Waals surface area contributed by atoms with Crippen LogP contribution in [0.15, 0.2) is 53.6 Å². The molecule has 0 fully saturated rings. The number of benzene rings is 1. The van der Waals surface area contributed by atoms with Gasteiger partial charge in [0.2, 0.25) is 0 Å². The van der Waals surface area contributed by atoms with Crippen molar-refractivity contribution in [3.05, 3.63) is 92.9 Å². The van der Waals surface area contributed by atoms with Crippen LogP contribution in [0.2, 0.25) is 0 Å². The number of halogens is 3. The van der Waals surface area contributed by atoms with E-state index < -0.39 is 17.6 Å². The van der Waals surface area contributed by atoms with E-state index in [4.69, 9.17) is 0 Å². The number of carbonyl (C=O) groups is 1. The third-order valence-electron chi connectivity index (χ3n) is 6.31. The van der Waals surface area contributed by atoms with Crippen molar-refractivity contribution in [2.45, 2.75) is 59.2 Å². The number of alkyl halides is 3. The minimum absolute atomic E-state index is 0.0432. The number of nitrogens with one attached hydrogen (secondary N) is 2. The molecule has 0 radical (unpaired) electrons. The number of imidazole rings is 1. The molecule has 3 aromatic heterocycles. The van der Waals surface area contributed by atoms with Crippen molar-refractivity contribution in [2.24, 2.45) is 0 Å². The van der Waals surface area contributed by atoms with Crippen molar-refractivity contribution in [3.63, 3.8) is 0 Å². The Morgan fingerprint density at radius 2 is 1.81 bits per heavy atom. The third-order valence-corrected chi connectivity index (χ3v) is 6.31.